The number of benzene rings is 1. The van der Waals surface area contributed by atoms with Crippen LogP contribution in [0.4, 0.5) is 0 Å². The fraction of sp³-hybridized carbons (Fsp3) is 0.333. The molecule has 1 saturated heterocycles. The van der Waals surface area contributed by atoms with Gasteiger partial charge in [0, 0.05) is 17.6 Å². The maximum absolute atomic E-state index is 11.7. The van der Waals surface area contributed by atoms with Gasteiger partial charge in [-0.2, -0.15) is 5.26 Å². The number of halogens is 1. The number of nitrogens with zero attached hydrogens (tertiary/aromatic N) is 2. The van der Waals surface area contributed by atoms with E-state index in [1.54, 1.807) is 4.90 Å². The molecular formula is C12H12BrN3O. The Morgan fingerprint density at radius 3 is 2.71 bits per heavy atom. The van der Waals surface area contributed by atoms with Crippen LogP contribution < -0.4 is 5.32 Å². The fourth-order valence-electron chi connectivity index (χ4n) is 1.86. The van der Waals surface area contributed by atoms with E-state index in [9.17, 15) is 10.1 Å². The minimum Gasteiger partial charge on any atom is -0.320 e. The van der Waals surface area contributed by atoms with E-state index in [0.29, 0.717) is 13.1 Å². The molecular weight excluding hydrogens is 282 g/mol. The zero-order valence-electron chi connectivity index (χ0n) is 9.19. The molecule has 1 aliphatic heterocycles. The number of nitrogens with one attached hydrogen (secondary N) is 1. The lowest BCUT2D eigenvalue weighted by Gasteiger charge is -2.31. The third-order valence-electron chi connectivity index (χ3n) is 2.75. The molecule has 0 spiro atoms. The van der Waals surface area contributed by atoms with Crippen molar-refractivity contribution in [2.45, 2.75) is 6.04 Å². The summed E-state index contributed by atoms with van der Waals surface area (Å²) in [6, 6.07) is 9.21. The van der Waals surface area contributed by atoms with E-state index < -0.39 is 6.04 Å². The van der Waals surface area contributed by atoms with Gasteiger partial charge >= 0.3 is 0 Å². The third-order valence-corrected chi connectivity index (χ3v) is 3.27. The molecule has 1 fully saturated rings. The molecule has 1 unspecified atom stereocenters. The van der Waals surface area contributed by atoms with Crippen molar-refractivity contribution >= 4 is 21.8 Å². The molecule has 1 aromatic carbocycles. The molecule has 1 amide bonds. The van der Waals surface area contributed by atoms with Crippen LogP contribution in [-0.2, 0) is 4.79 Å². The van der Waals surface area contributed by atoms with Crippen molar-refractivity contribution in [3.63, 3.8) is 0 Å². The normalized spacial score (nSPS) is 17.6. The second kappa shape index (κ2) is 5.30. The summed E-state index contributed by atoms with van der Waals surface area (Å²) >= 11 is 3.35. The Hall–Kier alpha value is -1.38. The molecule has 0 radical (unpaired) electrons. The van der Waals surface area contributed by atoms with E-state index in [2.05, 4.69) is 27.3 Å². The number of hydrogen-bond donors (Lipinski definition) is 1. The van der Waals surface area contributed by atoms with Crippen molar-refractivity contribution in [1.82, 2.24) is 10.2 Å². The van der Waals surface area contributed by atoms with Crippen molar-refractivity contribution in [1.29, 1.82) is 5.26 Å². The molecule has 0 aromatic heterocycles. The van der Waals surface area contributed by atoms with Crippen LogP contribution in [0.25, 0.3) is 0 Å². The molecule has 2 rings (SSSR count). The molecule has 5 heteroatoms. The quantitative estimate of drug-likeness (QED) is 0.898. The first-order chi connectivity index (χ1) is 8.22. The van der Waals surface area contributed by atoms with Gasteiger partial charge < -0.3 is 10.2 Å². The first kappa shape index (κ1) is 12.1. The Kier molecular flexibility index (Phi) is 3.77. The van der Waals surface area contributed by atoms with E-state index in [4.69, 9.17) is 0 Å². The lowest BCUT2D eigenvalue weighted by molar-refractivity contribution is -0.133. The molecule has 0 aliphatic carbocycles. The highest BCUT2D eigenvalue weighted by Crippen LogP contribution is 2.22. The second-order valence-electron chi connectivity index (χ2n) is 3.85. The largest absolute Gasteiger partial charge is 0.320 e. The van der Waals surface area contributed by atoms with Crippen molar-refractivity contribution in [2.24, 2.45) is 0 Å². The highest BCUT2D eigenvalue weighted by molar-refractivity contribution is 9.10. The Labute approximate surface area is 108 Å². The summed E-state index contributed by atoms with van der Waals surface area (Å²) in [6.45, 7) is 1.63. The molecule has 1 aromatic rings. The van der Waals surface area contributed by atoms with Crippen LogP contribution in [0.2, 0.25) is 0 Å². The van der Waals surface area contributed by atoms with Gasteiger partial charge in [-0.1, -0.05) is 28.1 Å². The van der Waals surface area contributed by atoms with Crippen LogP contribution >= 0.6 is 15.9 Å². The number of hydrogen-bond acceptors (Lipinski definition) is 3. The van der Waals surface area contributed by atoms with E-state index in [1.807, 2.05) is 24.3 Å². The van der Waals surface area contributed by atoms with Crippen molar-refractivity contribution in [3.05, 3.63) is 34.3 Å². The molecule has 1 N–H and O–H groups in total. The van der Waals surface area contributed by atoms with Crippen molar-refractivity contribution < 1.29 is 4.79 Å². The maximum Gasteiger partial charge on any atom is 0.237 e. The highest BCUT2D eigenvalue weighted by Gasteiger charge is 2.26. The molecule has 1 atom stereocenters. The Balaban J connectivity index is 2.24. The molecule has 1 aliphatic rings. The van der Waals surface area contributed by atoms with Gasteiger partial charge in [-0.3, -0.25) is 4.79 Å². The first-order valence-electron chi connectivity index (χ1n) is 5.37. The lowest BCUT2D eigenvalue weighted by Crippen LogP contribution is -2.49. The van der Waals surface area contributed by atoms with Gasteiger partial charge in [-0.25, -0.2) is 0 Å². The summed E-state index contributed by atoms with van der Waals surface area (Å²) in [5.74, 6) is -0.0225. The predicted octanol–water partition coefficient (Wildman–Crippen LogP) is 1.45. The number of amides is 1. The second-order valence-corrected chi connectivity index (χ2v) is 4.76. The van der Waals surface area contributed by atoms with Crippen LogP contribution in [0, 0.1) is 11.3 Å². The summed E-state index contributed by atoms with van der Waals surface area (Å²) in [6.07, 6.45) is 0. The summed E-state index contributed by atoms with van der Waals surface area (Å²) in [4.78, 5) is 13.4. The van der Waals surface area contributed by atoms with Crippen LogP contribution in [0.5, 0.6) is 0 Å². The lowest BCUT2D eigenvalue weighted by atomic mass is 10.1. The number of rotatable bonds is 2. The topological polar surface area (TPSA) is 56.1 Å². The zero-order chi connectivity index (χ0) is 12.3. The summed E-state index contributed by atoms with van der Waals surface area (Å²) < 4.78 is 0.963. The smallest absolute Gasteiger partial charge is 0.237 e. The Morgan fingerprint density at radius 1 is 1.41 bits per heavy atom. The average molecular weight is 294 g/mol. The standard InChI is InChI=1S/C12H12BrN3O/c13-10-3-1-9(2-4-10)11(7-14)16-6-5-15-8-12(16)17/h1-4,11,15H,5-6,8H2. The van der Waals surface area contributed by atoms with Gasteiger partial charge in [0.2, 0.25) is 5.91 Å². The summed E-state index contributed by atoms with van der Waals surface area (Å²) in [5.41, 5.74) is 0.853. The number of carbonyl (C=O) groups is 1. The van der Waals surface area contributed by atoms with Crippen LogP contribution in [0.3, 0.4) is 0 Å². The van der Waals surface area contributed by atoms with Crippen molar-refractivity contribution in [2.75, 3.05) is 19.6 Å². The number of carbonyl (C=O) groups excluding carboxylic acids is 1. The first-order valence-corrected chi connectivity index (χ1v) is 6.17. The Bertz CT molecular complexity index is 452. The van der Waals surface area contributed by atoms with Crippen LogP contribution in [-0.4, -0.2) is 30.4 Å². The predicted molar refractivity (Wildman–Crippen MR) is 67.1 cm³/mol. The van der Waals surface area contributed by atoms with E-state index >= 15 is 0 Å². The monoisotopic (exact) mass is 293 g/mol. The minimum atomic E-state index is -0.488. The molecule has 17 heavy (non-hydrogen) atoms. The SMILES string of the molecule is N#CC(c1ccc(Br)cc1)N1CCNCC1=O. The van der Waals surface area contributed by atoms with Gasteiger partial charge in [-0.15, -0.1) is 0 Å². The van der Waals surface area contributed by atoms with E-state index in [-0.39, 0.29) is 5.91 Å². The Morgan fingerprint density at radius 2 is 2.12 bits per heavy atom. The summed E-state index contributed by atoms with van der Waals surface area (Å²) in [5, 5.41) is 12.2. The van der Waals surface area contributed by atoms with Crippen LogP contribution in [0.1, 0.15) is 11.6 Å². The molecule has 88 valence electrons. The van der Waals surface area contributed by atoms with Gasteiger partial charge in [0.1, 0.15) is 6.04 Å². The van der Waals surface area contributed by atoms with Crippen LogP contribution in [0.15, 0.2) is 28.7 Å². The van der Waals surface area contributed by atoms with E-state index in [1.165, 1.54) is 0 Å². The van der Waals surface area contributed by atoms with Crippen molar-refractivity contribution in [3.8, 4) is 6.07 Å². The third kappa shape index (κ3) is 2.65. The fourth-order valence-corrected chi connectivity index (χ4v) is 2.13. The molecule has 0 bridgehead atoms. The zero-order valence-corrected chi connectivity index (χ0v) is 10.8. The maximum atomic E-state index is 11.7. The molecule has 0 saturated carbocycles. The van der Waals surface area contributed by atoms with Gasteiger partial charge in [-0.05, 0) is 17.7 Å². The highest BCUT2D eigenvalue weighted by atomic mass is 79.9. The van der Waals surface area contributed by atoms with Gasteiger partial charge in [0.15, 0.2) is 0 Å². The van der Waals surface area contributed by atoms with E-state index in [0.717, 1.165) is 16.6 Å². The minimum absolute atomic E-state index is 0.0225. The van der Waals surface area contributed by atoms with Gasteiger partial charge in [0.25, 0.3) is 0 Å². The number of piperazine rings is 1. The molecule has 1 heterocycles. The van der Waals surface area contributed by atoms with Gasteiger partial charge in [0.05, 0.1) is 12.6 Å². The number of nitriles is 1. The average Bonchev–Trinajstić information content (AvgIpc) is 2.35. The molecule has 4 nitrogen and oxygen atoms in total. The summed E-state index contributed by atoms with van der Waals surface area (Å²) in [7, 11) is 0.